The van der Waals surface area contributed by atoms with Gasteiger partial charge in [-0.3, -0.25) is 0 Å². The molecule has 0 amide bonds. The Kier molecular flexibility index (Phi) is 3.83. The molecule has 0 aliphatic rings. The molecular weight excluding hydrogens is 286 g/mol. The van der Waals surface area contributed by atoms with Crippen LogP contribution in [0.15, 0.2) is 48.5 Å². The molecule has 5 heteroatoms. The lowest BCUT2D eigenvalue weighted by Gasteiger charge is -2.05. The van der Waals surface area contributed by atoms with Crippen LogP contribution in [0.3, 0.4) is 0 Å². The van der Waals surface area contributed by atoms with Gasteiger partial charge in [0.15, 0.2) is 0 Å². The van der Waals surface area contributed by atoms with Crippen molar-refractivity contribution in [2.75, 3.05) is 7.11 Å². The number of esters is 1. The number of ether oxygens (including phenoxy) is 2. The minimum absolute atomic E-state index is 0.375. The number of hydrogen-bond donors (Lipinski definition) is 0. The zero-order valence-electron chi connectivity index (χ0n) is 11.4. The Balaban J connectivity index is 1.73. The van der Waals surface area contributed by atoms with E-state index in [0.717, 1.165) is 15.2 Å². The van der Waals surface area contributed by atoms with Gasteiger partial charge in [-0.25, -0.2) is 9.78 Å². The van der Waals surface area contributed by atoms with Gasteiger partial charge in [0, 0.05) is 0 Å². The number of benzene rings is 2. The molecule has 2 aromatic carbocycles. The Morgan fingerprint density at radius 1 is 1.19 bits per heavy atom. The second-order valence-electron chi connectivity index (χ2n) is 4.38. The van der Waals surface area contributed by atoms with Gasteiger partial charge in [0.25, 0.3) is 0 Å². The molecule has 0 saturated carbocycles. The van der Waals surface area contributed by atoms with Crippen LogP contribution in [0, 0.1) is 0 Å². The summed E-state index contributed by atoms with van der Waals surface area (Å²) in [5.41, 5.74) is 1.45. The molecule has 21 heavy (non-hydrogen) atoms. The van der Waals surface area contributed by atoms with Gasteiger partial charge in [-0.1, -0.05) is 18.2 Å². The van der Waals surface area contributed by atoms with E-state index in [1.54, 1.807) is 35.6 Å². The van der Waals surface area contributed by atoms with Crippen LogP contribution in [0.2, 0.25) is 0 Å². The Morgan fingerprint density at radius 3 is 2.86 bits per heavy atom. The molecule has 4 nitrogen and oxygen atoms in total. The van der Waals surface area contributed by atoms with E-state index in [0.29, 0.717) is 17.9 Å². The van der Waals surface area contributed by atoms with Crippen LogP contribution in [-0.4, -0.2) is 18.1 Å². The highest BCUT2D eigenvalue weighted by Gasteiger charge is 2.07. The summed E-state index contributed by atoms with van der Waals surface area (Å²) in [5.74, 6) is 0.248. The molecule has 3 rings (SSSR count). The summed E-state index contributed by atoms with van der Waals surface area (Å²) < 4.78 is 11.5. The first-order valence-corrected chi connectivity index (χ1v) is 7.23. The summed E-state index contributed by atoms with van der Waals surface area (Å²) in [4.78, 5) is 16.0. The Labute approximate surface area is 126 Å². The van der Waals surface area contributed by atoms with Gasteiger partial charge in [-0.15, -0.1) is 11.3 Å². The normalized spacial score (nSPS) is 10.5. The Hall–Kier alpha value is -2.40. The van der Waals surface area contributed by atoms with Gasteiger partial charge in [-0.05, 0) is 30.3 Å². The largest absolute Gasteiger partial charge is 0.486 e. The predicted molar refractivity (Wildman–Crippen MR) is 81.7 cm³/mol. The molecule has 1 aromatic heterocycles. The zero-order chi connectivity index (χ0) is 14.7. The third kappa shape index (κ3) is 3.03. The summed E-state index contributed by atoms with van der Waals surface area (Å²) in [5, 5.41) is 0.902. The van der Waals surface area contributed by atoms with Gasteiger partial charge >= 0.3 is 5.97 Å². The highest BCUT2D eigenvalue weighted by atomic mass is 32.1. The zero-order valence-corrected chi connectivity index (χ0v) is 12.2. The maximum absolute atomic E-state index is 11.5. The lowest BCUT2D eigenvalue weighted by atomic mass is 10.2. The van der Waals surface area contributed by atoms with Crippen molar-refractivity contribution < 1.29 is 14.3 Å². The molecule has 0 radical (unpaired) electrons. The van der Waals surface area contributed by atoms with E-state index in [2.05, 4.69) is 9.72 Å². The maximum atomic E-state index is 11.5. The van der Waals surface area contributed by atoms with Crippen molar-refractivity contribution in [2.45, 2.75) is 6.61 Å². The first kappa shape index (κ1) is 13.6. The molecule has 0 saturated heterocycles. The van der Waals surface area contributed by atoms with Gasteiger partial charge < -0.3 is 9.47 Å². The van der Waals surface area contributed by atoms with E-state index in [1.165, 1.54) is 7.11 Å². The number of thiazole rings is 1. The van der Waals surface area contributed by atoms with Crippen LogP contribution < -0.4 is 4.74 Å². The molecule has 0 unspecified atom stereocenters. The fourth-order valence-corrected chi connectivity index (χ4v) is 2.84. The number of nitrogens with zero attached hydrogens (tertiary/aromatic N) is 1. The molecule has 0 aliphatic carbocycles. The highest BCUT2D eigenvalue weighted by Crippen LogP contribution is 2.23. The van der Waals surface area contributed by atoms with E-state index in [9.17, 15) is 4.79 Å². The molecule has 0 fully saturated rings. The minimum Gasteiger partial charge on any atom is -0.486 e. The van der Waals surface area contributed by atoms with Crippen LogP contribution in [0.1, 0.15) is 15.4 Å². The molecule has 106 valence electrons. The van der Waals surface area contributed by atoms with Gasteiger partial charge in [0.1, 0.15) is 17.4 Å². The number of methoxy groups -OCH3 is 1. The number of carbonyl (C=O) groups excluding carboxylic acids is 1. The number of fused-ring (bicyclic) bond motifs is 1. The van der Waals surface area contributed by atoms with E-state index in [1.807, 2.05) is 24.3 Å². The van der Waals surface area contributed by atoms with E-state index in [4.69, 9.17) is 4.74 Å². The third-order valence-electron chi connectivity index (χ3n) is 2.96. The van der Waals surface area contributed by atoms with Gasteiger partial charge in [0.2, 0.25) is 0 Å². The summed E-state index contributed by atoms with van der Waals surface area (Å²) in [7, 11) is 1.36. The van der Waals surface area contributed by atoms with Crippen molar-refractivity contribution in [2.24, 2.45) is 0 Å². The fourth-order valence-electron chi connectivity index (χ4n) is 1.96. The van der Waals surface area contributed by atoms with Gasteiger partial charge in [-0.2, -0.15) is 0 Å². The predicted octanol–water partition coefficient (Wildman–Crippen LogP) is 3.66. The minimum atomic E-state index is -0.375. The second kappa shape index (κ2) is 5.93. The van der Waals surface area contributed by atoms with Crippen molar-refractivity contribution >= 4 is 27.5 Å². The number of hydrogen-bond acceptors (Lipinski definition) is 5. The molecule has 0 aliphatic heterocycles. The quantitative estimate of drug-likeness (QED) is 0.690. The van der Waals surface area contributed by atoms with Crippen molar-refractivity contribution in [3.05, 3.63) is 59.1 Å². The van der Waals surface area contributed by atoms with E-state index < -0.39 is 0 Å². The molecule has 0 atom stereocenters. The summed E-state index contributed by atoms with van der Waals surface area (Å²) in [6.45, 7) is 0.379. The monoisotopic (exact) mass is 299 g/mol. The Bertz CT molecular complexity index is 749. The highest BCUT2D eigenvalue weighted by molar-refractivity contribution is 7.18. The smallest absolute Gasteiger partial charge is 0.337 e. The first-order chi connectivity index (χ1) is 10.3. The SMILES string of the molecule is COC(=O)c1cccc(OCc2nc3ccccc3s2)c1. The molecule has 0 spiro atoms. The molecular formula is C16H13NO3S. The summed E-state index contributed by atoms with van der Waals surface area (Å²) in [6, 6.07) is 14.9. The van der Waals surface area contributed by atoms with Crippen LogP contribution in [-0.2, 0) is 11.3 Å². The standard InChI is InChI=1S/C16H13NO3S/c1-19-16(18)11-5-4-6-12(9-11)20-10-15-17-13-7-2-3-8-14(13)21-15/h2-9H,10H2,1H3. The topological polar surface area (TPSA) is 48.4 Å². The van der Waals surface area contributed by atoms with E-state index in [-0.39, 0.29) is 5.97 Å². The lowest BCUT2D eigenvalue weighted by Crippen LogP contribution is -2.02. The van der Waals surface area contributed by atoms with Gasteiger partial charge in [0.05, 0.1) is 22.9 Å². The number of rotatable bonds is 4. The third-order valence-corrected chi connectivity index (χ3v) is 3.97. The van der Waals surface area contributed by atoms with Crippen LogP contribution >= 0.6 is 11.3 Å². The van der Waals surface area contributed by atoms with Crippen LogP contribution in [0.25, 0.3) is 10.2 Å². The Morgan fingerprint density at radius 2 is 2.05 bits per heavy atom. The number of aromatic nitrogens is 1. The summed E-state index contributed by atoms with van der Waals surface area (Å²) >= 11 is 1.60. The molecule has 0 N–H and O–H groups in total. The van der Waals surface area contributed by atoms with Crippen molar-refractivity contribution in [1.82, 2.24) is 4.98 Å². The van der Waals surface area contributed by atoms with Crippen LogP contribution in [0.4, 0.5) is 0 Å². The van der Waals surface area contributed by atoms with Crippen molar-refractivity contribution in [1.29, 1.82) is 0 Å². The van der Waals surface area contributed by atoms with Crippen molar-refractivity contribution in [3.63, 3.8) is 0 Å². The lowest BCUT2D eigenvalue weighted by molar-refractivity contribution is 0.0600. The number of carbonyl (C=O) groups is 1. The number of para-hydroxylation sites is 1. The second-order valence-corrected chi connectivity index (χ2v) is 5.50. The average Bonchev–Trinajstić information content (AvgIpc) is 2.95. The average molecular weight is 299 g/mol. The molecule has 0 bridgehead atoms. The van der Waals surface area contributed by atoms with Crippen molar-refractivity contribution in [3.8, 4) is 5.75 Å². The van der Waals surface area contributed by atoms with Crippen LogP contribution in [0.5, 0.6) is 5.75 Å². The molecule has 1 heterocycles. The van der Waals surface area contributed by atoms with E-state index >= 15 is 0 Å². The molecule has 3 aromatic rings. The fraction of sp³-hybridized carbons (Fsp3) is 0.125. The summed E-state index contributed by atoms with van der Waals surface area (Å²) in [6.07, 6.45) is 0. The first-order valence-electron chi connectivity index (χ1n) is 6.42. The maximum Gasteiger partial charge on any atom is 0.337 e.